The first kappa shape index (κ1) is 62.8. The van der Waals surface area contributed by atoms with E-state index in [1.54, 1.807) is 0 Å². The topological polar surface area (TPSA) is 78.9 Å². The summed E-state index contributed by atoms with van der Waals surface area (Å²) >= 11 is 0. The number of allylic oxidation sites excluding steroid dienone is 12. The Labute approximate surface area is 408 Å². The molecule has 0 aliphatic carbocycles. The van der Waals surface area contributed by atoms with Crippen LogP contribution in [0.1, 0.15) is 271 Å². The van der Waals surface area contributed by atoms with Gasteiger partial charge in [-0.05, 0) is 70.6 Å². The third-order valence-electron chi connectivity index (χ3n) is 12.0. The highest BCUT2D eigenvalue weighted by molar-refractivity contribution is 5.71. The highest BCUT2D eigenvalue weighted by atomic mass is 16.6. The van der Waals surface area contributed by atoms with E-state index < -0.39 is 6.10 Å². The van der Waals surface area contributed by atoms with Gasteiger partial charge in [0.05, 0.1) is 0 Å². The van der Waals surface area contributed by atoms with Crippen LogP contribution in [0.25, 0.3) is 0 Å². The Morgan fingerprint density at radius 3 is 0.924 bits per heavy atom. The van der Waals surface area contributed by atoms with Crippen LogP contribution >= 0.6 is 0 Å². The molecular weight excluding hydrogens is 817 g/mol. The zero-order valence-electron chi connectivity index (χ0n) is 43.4. The highest BCUT2D eigenvalue weighted by Gasteiger charge is 2.19. The maximum atomic E-state index is 12.8. The van der Waals surface area contributed by atoms with E-state index >= 15 is 0 Å². The van der Waals surface area contributed by atoms with Crippen molar-refractivity contribution in [3.05, 3.63) is 72.9 Å². The van der Waals surface area contributed by atoms with Gasteiger partial charge in [0.1, 0.15) is 13.2 Å². The Kier molecular flexibility index (Phi) is 51.9. The summed E-state index contributed by atoms with van der Waals surface area (Å²) in [4.78, 5) is 37.9. The zero-order chi connectivity index (χ0) is 47.9. The van der Waals surface area contributed by atoms with E-state index in [0.29, 0.717) is 19.3 Å². The lowest BCUT2D eigenvalue weighted by molar-refractivity contribution is -0.167. The maximum Gasteiger partial charge on any atom is 0.306 e. The SMILES string of the molecule is CC/C=C\C/C=C\C/C=C\C/C=C\C/C=C\C/C=C\CCCCCCCCCCC(=O)OCC(COC(=O)CCCCCCCCCCC)OC(=O)CCCCCCCCCCCCCC. The second-order valence-corrected chi connectivity index (χ2v) is 18.5. The number of hydrogen-bond acceptors (Lipinski definition) is 6. The second-order valence-electron chi connectivity index (χ2n) is 18.5. The van der Waals surface area contributed by atoms with Crippen molar-refractivity contribution in [3.8, 4) is 0 Å². The molecule has 1 atom stereocenters. The van der Waals surface area contributed by atoms with E-state index in [4.69, 9.17) is 14.2 Å². The zero-order valence-corrected chi connectivity index (χ0v) is 43.4. The summed E-state index contributed by atoms with van der Waals surface area (Å²) in [6.45, 7) is 6.51. The first-order valence-electron chi connectivity index (χ1n) is 27.9. The molecule has 0 amide bonds. The summed E-state index contributed by atoms with van der Waals surface area (Å²) in [6.07, 6.45) is 69.0. The van der Waals surface area contributed by atoms with Crippen molar-refractivity contribution in [2.45, 2.75) is 277 Å². The molecule has 0 aromatic heterocycles. The number of rotatable bonds is 50. The van der Waals surface area contributed by atoms with Crippen molar-refractivity contribution in [3.63, 3.8) is 0 Å². The number of carbonyl (C=O) groups excluding carboxylic acids is 3. The minimum Gasteiger partial charge on any atom is -0.462 e. The molecule has 0 aliphatic heterocycles. The van der Waals surface area contributed by atoms with Crippen LogP contribution in [0.2, 0.25) is 0 Å². The molecule has 6 heteroatoms. The van der Waals surface area contributed by atoms with Gasteiger partial charge < -0.3 is 14.2 Å². The largest absolute Gasteiger partial charge is 0.462 e. The molecule has 1 unspecified atom stereocenters. The Morgan fingerprint density at radius 1 is 0.318 bits per heavy atom. The molecule has 0 rings (SSSR count). The van der Waals surface area contributed by atoms with E-state index in [9.17, 15) is 14.4 Å². The van der Waals surface area contributed by atoms with Crippen molar-refractivity contribution >= 4 is 17.9 Å². The average molecular weight is 921 g/mol. The van der Waals surface area contributed by atoms with E-state index in [2.05, 4.69) is 93.7 Å². The summed E-state index contributed by atoms with van der Waals surface area (Å²) in [5.41, 5.74) is 0. The number of unbranched alkanes of at least 4 members (excludes halogenated alkanes) is 27. The van der Waals surface area contributed by atoms with Crippen molar-refractivity contribution in [1.29, 1.82) is 0 Å². The van der Waals surface area contributed by atoms with Crippen molar-refractivity contribution in [1.82, 2.24) is 0 Å². The molecule has 0 spiro atoms. The van der Waals surface area contributed by atoms with Gasteiger partial charge in [-0.3, -0.25) is 14.4 Å². The van der Waals surface area contributed by atoms with Crippen LogP contribution in [0.3, 0.4) is 0 Å². The van der Waals surface area contributed by atoms with E-state index in [-0.39, 0.29) is 31.1 Å². The molecular formula is C60H104O6. The number of esters is 3. The van der Waals surface area contributed by atoms with E-state index in [1.165, 1.54) is 128 Å². The van der Waals surface area contributed by atoms with Crippen LogP contribution in [-0.4, -0.2) is 37.2 Å². The molecule has 0 aromatic carbocycles. The van der Waals surface area contributed by atoms with Gasteiger partial charge in [-0.1, -0.05) is 254 Å². The molecule has 0 heterocycles. The molecule has 0 aliphatic rings. The van der Waals surface area contributed by atoms with Gasteiger partial charge in [-0.15, -0.1) is 0 Å². The summed E-state index contributed by atoms with van der Waals surface area (Å²) in [5, 5.41) is 0. The van der Waals surface area contributed by atoms with E-state index in [1.807, 2.05) is 0 Å². The number of hydrogen-bond donors (Lipinski definition) is 0. The van der Waals surface area contributed by atoms with Gasteiger partial charge in [-0.25, -0.2) is 0 Å². The van der Waals surface area contributed by atoms with Crippen molar-refractivity contribution in [2.75, 3.05) is 13.2 Å². The van der Waals surface area contributed by atoms with Crippen LogP contribution in [-0.2, 0) is 28.6 Å². The molecule has 0 N–H and O–H groups in total. The quantitative estimate of drug-likeness (QED) is 0.0262. The normalized spacial score (nSPS) is 12.6. The van der Waals surface area contributed by atoms with Gasteiger partial charge in [0, 0.05) is 19.3 Å². The molecule has 66 heavy (non-hydrogen) atoms. The summed E-state index contributed by atoms with van der Waals surface area (Å²) in [7, 11) is 0. The molecule has 0 bridgehead atoms. The third kappa shape index (κ3) is 51.8. The Hall–Kier alpha value is -3.15. The fraction of sp³-hybridized carbons (Fsp3) is 0.750. The van der Waals surface area contributed by atoms with Crippen LogP contribution in [0.4, 0.5) is 0 Å². The summed E-state index contributed by atoms with van der Waals surface area (Å²) < 4.78 is 16.8. The standard InChI is InChI=1S/C60H104O6/c1-4-7-10-13-16-19-21-23-24-25-26-27-28-29-30-31-32-33-34-35-36-37-39-41-44-47-50-53-59(62)65-56-57(55-64-58(61)52-49-46-43-40-18-15-12-9-6-3)66-60(63)54-51-48-45-42-38-22-20-17-14-11-8-5-2/h7,10,16,19,23-24,26-27,29-30,32-33,57H,4-6,8-9,11-15,17-18,20-22,25,28,31,34-56H2,1-3H3/b10-7-,19-16-,24-23-,27-26-,30-29-,33-32-. The molecule has 6 nitrogen and oxygen atoms in total. The van der Waals surface area contributed by atoms with Crippen LogP contribution < -0.4 is 0 Å². The molecule has 0 saturated heterocycles. The molecule has 0 radical (unpaired) electrons. The first-order chi connectivity index (χ1) is 32.5. The van der Waals surface area contributed by atoms with Gasteiger partial charge in [0.15, 0.2) is 6.10 Å². The number of carbonyl (C=O) groups is 3. The molecule has 0 saturated carbocycles. The van der Waals surface area contributed by atoms with Gasteiger partial charge in [-0.2, -0.15) is 0 Å². The van der Waals surface area contributed by atoms with Crippen molar-refractivity contribution in [2.24, 2.45) is 0 Å². The minimum atomic E-state index is -0.773. The fourth-order valence-corrected chi connectivity index (χ4v) is 7.80. The second kappa shape index (κ2) is 54.5. The lowest BCUT2D eigenvalue weighted by Gasteiger charge is -2.18. The Bertz CT molecular complexity index is 1240. The highest BCUT2D eigenvalue weighted by Crippen LogP contribution is 2.15. The predicted molar refractivity (Wildman–Crippen MR) is 284 cm³/mol. The van der Waals surface area contributed by atoms with Gasteiger partial charge >= 0.3 is 17.9 Å². The molecule has 380 valence electrons. The maximum absolute atomic E-state index is 12.8. The number of ether oxygens (including phenoxy) is 3. The predicted octanol–water partition coefficient (Wildman–Crippen LogP) is 18.6. The summed E-state index contributed by atoms with van der Waals surface area (Å²) in [6, 6.07) is 0. The van der Waals surface area contributed by atoms with Crippen LogP contribution in [0.15, 0.2) is 72.9 Å². The monoisotopic (exact) mass is 921 g/mol. The van der Waals surface area contributed by atoms with Crippen LogP contribution in [0, 0.1) is 0 Å². The Balaban J connectivity index is 4.20. The molecule has 0 fully saturated rings. The Morgan fingerprint density at radius 2 is 0.591 bits per heavy atom. The van der Waals surface area contributed by atoms with Gasteiger partial charge in [0.25, 0.3) is 0 Å². The summed E-state index contributed by atoms with van der Waals surface area (Å²) in [5.74, 6) is -0.879. The van der Waals surface area contributed by atoms with Gasteiger partial charge in [0.2, 0.25) is 0 Å². The minimum absolute atomic E-state index is 0.0743. The van der Waals surface area contributed by atoms with Crippen molar-refractivity contribution < 1.29 is 28.6 Å². The fourth-order valence-electron chi connectivity index (χ4n) is 7.80. The average Bonchev–Trinajstić information content (AvgIpc) is 3.31. The lowest BCUT2D eigenvalue weighted by Crippen LogP contribution is -2.30. The first-order valence-corrected chi connectivity index (χ1v) is 27.9. The van der Waals surface area contributed by atoms with E-state index in [0.717, 1.165) is 103 Å². The smallest absolute Gasteiger partial charge is 0.306 e. The lowest BCUT2D eigenvalue weighted by atomic mass is 10.0. The molecule has 0 aromatic rings. The third-order valence-corrected chi connectivity index (χ3v) is 12.0. The van der Waals surface area contributed by atoms with Crippen LogP contribution in [0.5, 0.6) is 0 Å².